The average molecular weight is 267 g/mol. The highest BCUT2D eigenvalue weighted by atomic mass is 32.2. The van der Waals surface area contributed by atoms with E-state index in [4.69, 9.17) is 5.14 Å². The first-order valence-corrected chi connectivity index (χ1v) is 5.82. The molecule has 0 fully saturated rings. The van der Waals surface area contributed by atoms with E-state index in [-0.39, 0.29) is 5.56 Å². The first-order chi connectivity index (χ1) is 7.51. The van der Waals surface area contributed by atoms with Gasteiger partial charge in [-0.2, -0.15) is 13.2 Å². The molecule has 1 rings (SSSR count). The summed E-state index contributed by atoms with van der Waals surface area (Å²) >= 11 is 0. The highest BCUT2D eigenvalue weighted by Gasteiger charge is 2.32. The number of nitrogens with two attached hydrogens (primary N) is 1. The van der Waals surface area contributed by atoms with Crippen LogP contribution in [0.25, 0.3) is 0 Å². The zero-order chi connectivity index (χ0) is 13.4. The summed E-state index contributed by atoms with van der Waals surface area (Å²) in [6, 6.07) is 1.78. The quantitative estimate of drug-likeness (QED) is 0.826. The van der Waals surface area contributed by atoms with Gasteiger partial charge in [-0.05, 0) is 25.1 Å². The van der Waals surface area contributed by atoms with E-state index in [9.17, 15) is 26.4 Å². The number of hydrogen-bond acceptors (Lipinski definition) is 3. The predicted molar refractivity (Wildman–Crippen MR) is 52.8 cm³/mol. The molecule has 0 bridgehead atoms. The van der Waals surface area contributed by atoms with Crippen molar-refractivity contribution in [2.45, 2.75) is 18.0 Å². The second kappa shape index (κ2) is 4.11. The maximum absolute atomic E-state index is 12.5. The summed E-state index contributed by atoms with van der Waals surface area (Å²) in [4.78, 5) is 10.3. The number of benzene rings is 1. The van der Waals surface area contributed by atoms with E-state index in [1.807, 2.05) is 0 Å². The highest BCUT2D eigenvalue weighted by molar-refractivity contribution is 7.89. The molecule has 0 saturated heterocycles. The summed E-state index contributed by atoms with van der Waals surface area (Å²) in [6.45, 7) is 1.03. The number of rotatable bonds is 2. The molecule has 0 aliphatic rings. The summed E-state index contributed by atoms with van der Waals surface area (Å²) < 4.78 is 59.3. The van der Waals surface area contributed by atoms with Crippen LogP contribution >= 0.6 is 0 Å². The van der Waals surface area contributed by atoms with Gasteiger partial charge < -0.3 is 0 Å². The van der Waals surface area contributed by atoms with E-state index in [1.165, 1.54) is 0 Å². The maximum atomic E-state index is 12.5. The van der Waals surface area contributed by atoms with Gasteiger partial charge >= 0.3 is 6.18 Å². The van der Waals surface area contributed by atoms with Crippen molar-refractivity contribution in [3.63, 3.8) is 0 Å². The summed E-state index contributed by atoms with van der Waals surface area (Å²) in [6.07, 6.45) is -4.75. The number of carbonyl (C=O) groups excluding carboxylic acids is 1. The van der Waals surface area contributed by atoms with E-state index in [0.717, 1.165) is 13.0 Å². The molecule has 0 radical (unpaired) electrons. The van der Waals surface area contributed by atoms with Gasteiger partial charge in [-0.25, -0.2) is 13.6 Å². The maximum Gasteiger partial charge on any atom is 0.416 e. The molecule has 94 valence electrons. The Morgan fingerprint density at radius 2 is 1.76 bits per heavy atom. The van der Waals surface area contributed by atoms with Crippen molar-refractivity contribution in [1.82, 2.24) is 0 Å². The highest BCUT2D eigenvalue weighted by Crippen LogP contribution is 2.31. The van der Waals surface area contributed by atoms with Crippen LogP contribution in [0.15, 0.2) is 23.1 Å². The van der Waals surface area contributed by atoms with Crippen LogP contribution in [0.4, 0.5) is 13.2 Å². The Morgan fingerprint density at radius 1 is 1.24 bits per heavy atom. The third-order valence-electron chi connectivity index (χ3n) is 1.97. The zero-order valence-electron chi connectivity index (χ0n) is 8.58. The largest absolute Gasteiger partial charge is 0.416 e. The fourth-order valence-electron chi connectivity index (χ4n) is 1.13. The van der Waals surface area contributed by atoms with Crippen LogP contribution in [0.5, 0.6) is 0 Å². The lowest BCUT2D eigenvalue weighted by molar-refractivity contribution is -0.137. The van der Waals surface area contributed by atoms with E-state index >= 15 is 0 Å². The molecule has 0 saturated carbocycles. The Labute approximate surface area is 95.3 Å². The number of alkyl halides is 3. The fourth-order valence-corrected chi connectivity index (χ4v) is 1.71. The van der Waals surface area contributed by atoms with Crippen LogP contribution < -0.4 is 5.14 Å². The van der Waals surface area contributed by atoms with Crippen molar-refractivity contribution in [3.05, 3.63) is 29.3 Å². The fraction of sp³-hybridized carbons (Fsp3) is 0.222. The molecule has 0 atom stereocenters. The molecule has 0 aromatic heterocycles. The van der Waals surface area contributed by atoms with Gasteiger partial charge in [0.2, 0.25) is 10.0 Å². The van der Waals surface area contributed by atoms with Crippen molar-refractivity contribution in [2.75, 3.05) is 0 Å². The summed E-state index contributed by atoms with van der Waals surface area (Å²) in [5.41, 5.74) is -1.59. The minimum atomic E-state index is -4.75. The molecule has 4 nitrogen and oxygen atoms in total. The number of carbonyl (C=O) groups is 1. The molecule has 17 heavy (non-hydrogen) atoms. The van der Waals surface area contributed by atoms with E-state index in [1.54, 1.807) is 0 Å². The number of ketones is 1. The van der Waals surface area contributed by atoms with Crippen LogP contribution in [-0.4, -0.2) is 14.2 Å². The lowest BCUT2D eigenvalue weighted by atomic mass is 10.1. The van der Waals surface area contributed by atoms with Gasteiger partial charge in [-0.15, -0.1) is 0 Å². The Balaban J connectivity index is 3.56. The second-order valence-electron chi connectivity index (χ2n) is 3.35. The number of halogens is 3. The van der Waals surface area contributed by atoms with Crippen molar-refractivity contribution >= 4 is 15.8 Å². The van der Waals surface area contributed by atoms with Gasteiger partial charge in [0.1, 0.15) is 0 Å². The third-order valence-corrected chi connectivity index (χ3v) is 2.86. The molecular formula is C9H8F3NO3S. The summed E-state index contributed by atoms with van der Waals surface area (Å²) in [5, 5.41) is 4.73. The van der Waals surface area contributed by atoms with Crippen LogP contribution in [0.3, 0.4) is 0 Å². The smallest absolute Gasteiger partial charge is 0.295 e. The van der Waals surface area contributed by atoms with Gasteiger partial charge in [0.25, 0.3) is 0 Å². The van der Waals surface area contributed by atoms with E-state index < -0.39 is 32.4 Å². The Kier molecular flexibility index (Phi) is 3.30. The minimum Gasteiger partial charge on any atom is -0.295 e. The number of sulfonamides is 1. The average Bonchev–Trinajstić information content (AvgIpc) is 2.14. The number of hydrogen-bond donors (Lipinski definition) is 1. The first-order valence-electron chi connectivity index (χ1n) is 4.28. The first kappa shape index (κ1) is 13.7. The molecule has 0 unspecified atom stereocenters. The summed E-state index contributed by atoms with van der Waals surface area (Å²) in [5.74, 6) is -0.680. The lowest BCUT2D eigenvalue weighted by Crippen LogP contribution is -2.15. The van der Waals surface area contributed by atoms with Crippen LogP contribution in [0, 0.1) is 0 Å². The summed E-state index contributed by atoms with van der Waals surface area (Å²) in [7, 11) is -4.29. The molecular weight excluding hydrogens is 259 g/mol. The van der Waals surface area contributed by atoms with Crippen molar-refractivity contribution in [3.8, 4) is 0 Å². The van der Waals surface area contributed by atoms with Crippen molar-refractivity contribution in [2.24, 2.45) is 5.14 Å². The van der Waals surface area contributed by atoms with Gasteiger partial charge in [-0.1, -0.05) is 0 Å². The molecule has 0 aliphatic carbocycles. The van der Waals surface area contributed by atoms with Crippen molar-refractivity contribution < 1.29 is 26.4 Å². The molecule has 1 aromatic carbocycles. The van der Waals surface area contributed by atoms with Gasteiger partial charge in [0, 0.05) is 5.56 Å². The van der Waals surface area contributed by atoms with E-state index in [2.05, 4.69) is 0 Å². The van der Waals surface area contributed by atoms with Crippen molar-refractivity contribution in [1.29, 1.82) is 0 Å². The van der Waals surface area contributed by atoms with Crippen LogP contribution in [0.2, 0.25) is 0 Å². The normalized spacial score (nSPS) is 12.5. The minimum absolute atomic E-state index is 0.358. The standard InChI is InChI=1S/C9H8F3NO3S/c1-5(14)6-2-7(9(10,11)12)4-8(3-6)17(13,15)16/h2-4H,1H3,(H2,13,15,16). The lowest BCUT2D eigenvalue weighted by Gasteiger charge is -2.09. The third kappa shape index (κ3) is 3.27. The molecule has 0 heterocycles. The van der Waals surface area contributed by atoms with Gasteiger partial charge in [-0.3, -0.25) is 4.79 Å². The van der Waals surface area contributed by atoms with Crippen LogP contribution in [0.1, 0.15) is 22.8 Å². The Bertz CT molecular complexity index is 563. The second-order valence-corrected chi connectivity index (χ2v) is 4.91. The molecule has 0 aliphatic heterocycles. The SMILES string of the molecule is CC(=O)c1cc(C(F)(F)F)cc(S(N)(=O)=O)c1. The number of Topliss-reactive ketones (excluding diaryl/α,β-unsaturated/α-hetero) is 1. The molecule has 1 aromatic rings. The Morgan fingerprint density at radius 3 is 2.12 bits per heavy atom. The number of primary sulfonamides is 1. The van der Waals surface area contributed by atoms with Gasteiger partial charge in [0.05, 0.1) is 10.5 Å². The zero-order valence-corrected chi connectivity index (χ0v) is 9.39. The monoisotopic (exact) mass is 267 g/mol. The molecule has 8 heteroatoms. The van der Waals surface area contributed by atoms with Gasteiger partial charge in [0.15, 0.2) is 5.78 Å². The van der Waals surface area contributed by atoms with Crippen LogP contribution in [-0.2, 0) is 16.2 Å². The molecule has 0 spiro atoms. The predicted octanol–water partition coefficient (Wildman–Crippen LogP) is 1.56. The molecule has 2 N–H and O–H groups in total. The van der Waals surface area contributed by atoms with E-state index in [0.29, 0.717) is 12.1 Å². The molecule has 0 amide bonds. The Hall–Kier alpha value is -1.41. The topological polar surface area (TPSA) is 77.2 Å².